The average Bonchev–Trinajstić information content (AvgIpc) is 2.95. The smallest absolute Gasteiger partial charge is 0.0895 e. The summed E-state index contributed by atoms with van der Waals surface area (Å²) in [5.41, 5.74) is 0. The van der Waals surface area contributed by atoms with Crippen molar-refractivity contribution in [2.75, 3.05) is 52.6 Å². The molecule has 0 saturated carbocycles. The van der Waals surface area contributed by atoms with E-state index in [0.29, 0.717) is 0 Å². The van der Waals surface area contributed by atoms with Gasteiger partial charge >= 0.3 is 0 Å². The van der Waals surface area contributed by atoms with Crippen LogP contribution in [-0.4, -0.2) is 72.2 Å². The molecule has 3 heterocycles. The first-order chi connectivity index (χ1) is 8.40. The fourth-order valence-corrected chi connectivity index (χ4v) is 2.44. The third-order valence-corrected chi connectivity index (χ3v) is 3.53. The molecule has 0 aromatic carbocycles. The summed E-state index contributed by atoms with van der Waals surface area (Å²) in [6.07, 6.45) is 8.84. The van der Waals surface area contributed by atoms with Gasteiger partial charge in [0.25, 0.3) is 0 Å². The lowest BCUT2D eigenvalue weighted by Gasteiger charge is -2.24. The number of hydrogen-bond donors (Lipinski definition) is 1. The van der Waals surface area contributed by atoms with Crippen molar-refractivity contribution in [3.05, 3.63) is 24.8 Å². The number of rotatable bonds is 0. The minimum Gasteiger partial charge on any atom is -0.357 e. The van der Waals surface area contributed by atoms with E-state index in [-0.39, 0.29) is 0 Å². The van der Waals surface area contributed by atoms with E-state index in [4.69, 9.17) is 0 Å². The Balaban J connectivity index is 1.59. The quantitative estimate of drug-likeness (QED) is 0.621. The van der Waals surface area contributed by atoms with Crippen LogP contribution < -0.4 is 5.32 Å². The molecule has 1 N–H and O–H groups in total. The van der Waals surface area contributed by atoms with Crippen molar-refractivity contribution in [1.29, 1.82) is 0 Å². The third-order valence-electron chi connectivity index (χ3n) is 3.53. The molecule has 5 nitrogen and oxygen atoms in total. The van der Waals surface area contributed by atoms with Crippen LogP contribution in [0.4, 0.5) is 0 Å². The molecule has 17 heavy (non-hydrogen) atoms. The van der Waals surface area contributed by atoms with Gasteiger partial charge in [0.2, 0.25) is 0 Å². The third kappa shape index (κ3) is 2.66. The molecule has 0 aliphatic carbocycles. The van der Waals surface area contributed by atoms with E-state index < -0.39 is 0 Å². The van der Waals surface area contributed by atoms with Crippen LogP contribution in [0.15, 0.2) is 24.8 Å². The molecule has 1 fully saturated rings. The minimum absolute atomic E-state index is 1.04. The average molecular weight is 235 g/mol. The van der Waals surface area contributed by atoms with Gasteiger partial charge in [-0.2, -0.15) is 0 Å². The molecule has 0 unspecified atom stereocenters. The minimum atomic E-state index is 1.04. The maximum atomic E-state index is 3.50. The van der Waals surface area contributed by atoms with Gasteiger partial charge in [-0.3, -0.25) is 0 Å². The van der Waals surface area contributed by atoms with E-state index in [1.54, 1.807) is 0 Å². The van der Waals surface area contributed by atoms with Gasteiger partial charge in [0.1, 0.15) is 0 Å². The van der Waals surface area contributed by atoms with Crippen LogP contribution in [0.5, 0.6) is 0 Å². The highest BCUT2D eigenvalue weighted by Crippen LogP contribution is 2.09. The van der Waals surface area contributed by atoms with Crippen molar-refractivity contribution >= 4 is 0 Å². The fraction of sp³-hybridized carbons (Fsp3) is 0.667. The fourth-order valence-electron chi connectivity index (χ4n) is 2.44. The molecule has 0 radical (unpaired) electrons. The molecular weight excluding hydrogens is 214 g/mol. The molecule has 3 aliphatic rings. The van der Waals surface area contributed by atoms with Crippen LogP contribution in [-0.2, 0) is 0 Å². The lowest BCUT2D eigenvalue weighted by Crippen LogP contribution is -2.34. The Labute approximate surface area is 103 Å². The molecular formula is C12H21N5. The zero-order chi connectivity index (χ0) is 11.5. The first kappa shape index (κ1) is 10.8. The molecule has 5 heteroatoms. The molecule has 0 atom stereocenters. The first-order valence-corrected chi connectivity index (χ1v) is 6.44. The van der Waals surface area contributed by atoms with Gasteiger partial charge in [0.05, 0.1) is 13.3 Å². The van der Waals surface area contributed by atoms with Crippen molar-refractivity contribution in [2.45, 2.75) is 0 Å². The summed E-state index contributed by atoms with van der Waals surface area (Å²) in [7, 11) is 0. The summed E-state index contributed by atoms with van der Waals surface area (Å²) in [6.45, 7) is 8.65. The lowest BCUT2D eigenvalue weighted by atomic mass is 10.5. The molecule has 1 saturated heterocycles. The number of hydrogen-bond acceptors (Lipinski definition) is 5. The van der Waals surface area contributed by atoms with E-state index in [1.807, 2.05) is 0 Å². The molecule has 0 spiro atoms. The second-order valence-electron chi connectivity index (χ2n) is 4.88. The summed E-state index contributed by atoms with van der Waals surface area (Å²) in [6, 6.07) is 0. The van der Waals surface area contributed by atoms with Gasteiger partial charge in [0, 0.05) is 64.1 Å². The summed E-state index contributed by atoms with van der Waals surface area (Å²) >= 11 is 0. The van der Waals surface area contributed by atoms with Crippen LogP contribution >= 0.6 is 0 Å². The maximum Gasteiger partial charge on any atom is 0.0895 e. The standard InChI is InChI=1S/C12H21N5/c1-3-14-5-7-16(11-14)9-10-17-8-6-15(12-17)4-2-13-1/h5-8,13H,1-4,9-12H2. The lowest BCUT2D eigenvalue weighted by molar-refractivity contribution is 0.225. The van der Waals surface area contributed by atoms with Gasteiger partial charge in [-0.05, 0) is 0 Å². The van der Waals surface area contributed by atoms with Crippen LogP contribution in [0.1, 0.15) is 0 Å². The van der Waals surface area contributed by atoms with E-state index >= 15 is 0 Å². The molecule has 94 valence electrons. The maximum absolute atomic E-state index is 3.50. The zero-order valence-corrected chi connectivity index (χ0v) is 10.3. The number of nitrogens with one attached hydrogen (secondary N) is 1. The van der Waals surface area contributed by atoms with Gasteiger partial charge in [-0.15, -0.1) is 0 Å². The number of fused-ring (bicyclic) bond motifs is 4. The van der Waals surface area contributed by atoms with Crippen molar-refractivity contribution in [3.8, 4) is 0 Å². The molecule has 4 bridgehead atoms. The predicted molar refractivity (Wildman–Crippen MR) is 67.7 cm³/mol. The Bertz CT molecular complexity index is 284. The Morgan fingerprint density at radius 1 is 0.588 bits per heavy atom. The SMILES string of the molecule is C1=CN2CCN3C=CN(CCNCCN1C2)C3. The van der Waals surface area contributed by atoms with E-state index in [0.717, 1.165) is 52.6 Å². The van der Waals surface area contributed by atoms with Crippen molar-refractivity contribution in [2.24, 2.45) is 0 Å². The predicted octanol–water partition coefficient (Wildman–Crippen LogP) is -0.318. The molecule has 0 aromatic heterocycles. The summed E-state index contributed by atoms with van der Waals surface area (Å²) in [4.78, 5) is 9.51. The molecule has 0 aromatic rings. The normalized spacial score (nSPS) is 24.9. The Kier molecular flexibility index (Phi) is 3.09. The Morgan fingerprint density at radius 2 is 1.00 bits per heavy atom. The van der Waals surface area contributed by atoms with Gasteiger partial charge in [-0.1, -0.05) is 0 Å². The van der Waals surface area contributed by atoms with Crippen LogP contribution in [0.2, 0.25) is 0 Å². The summed E-state index contributed by atoms with van der Waals surface area (Å²) in [5.74, 6) is 0. The second-order valence-corrected chi connectivity index (χ2v) is 4.88. The highest BCUT2D eigenvalue weighted by atomic mass is 15.4. The topological polar surface area (TPSA) is 25.0 Å². The van der Waals surface area contributed by atoms with Crippen LogP contribution in [0.3, 0.4) is 0 Å². The molecule has 3 aliphatic heterocycles. The van der Waals surface area contributed by atoms with Gasteiger partial charge in [-0.25, -0.2) is 0 Å². The monoisotopic (exact) mass is 235 g/mol. The van der Waals surface area contributed by atoms with E-state index in [9.17, 15) is 0 Å². The summed E-state index contributed by atoms with van der Waals surface area (Å²) < 4.78 is 0. The molecule has 3 rings (SSSR count). The highest BCUT2D eigenvalue weighted by Gasteiger charge is 2.16. The highest BCUT2D eigenvalue weighted by molar-refractivity contribution is 4.94. The van der Waals surface area contributed by atoms with Gasteiger partial charge in [0.15, 0.2) is 0 Å². The van der Waals surface area contributed by atoms with E-state index in [2.05, 4.69) is 49.7 Å². The van der Waals surface area contributed by atoms with Crippen molar-refractivity contribution in [1.82, 2.24) is 24.9 Å². The first-order valence-electron chi connectivity index (χ1n) is 6.44. The van der Waals surface area contributed by atoms with Crippen LogP contribution in [0.25, 0.3) is 0 Å². The van der Waals surface area contributed by atoms with Crippen molar-refractivity contribution in [3.63, 3.8) is 0 Å². The van der Waals surface area contributed by atoms with Crippen LogP contribution in [0, 0.1) is 0 Å². The van der Waals surface area contributed by atoms with Crippen molar-refractivity contribution < 1.29 is 0 Å². The molecule has 0 amide bonds. The Hall–Kier alpha value is -1.36. The Morgan fingerprint density at radius 3 is 1.47 bits per heavy atom. The number of nitrogens with zero attached hydrogens (tertiary/aromatic N) is 4. The van der Waals surface area contributed by atoms with E-state index in [1.165, 1.54) is 0 Å². The summed E-state index contributed by atoms with van der Waals surface area (Å²) in [5, 5.41) is 3.50. The zero-order valence-electron chi connectivity index (χ0n) is 10.3. The second kappa shape index (κ2) is 4.87. The largest absolute Gasteiger partial charge is 0.357 e. The van der Waals surface area contributed by atoms with Gasteiger partial charge < -0.3 is 24.9 Å².